The van der Waals surface area contributed by atoms with E-state index < -0.39 is 0 Å². The van der Waals surface area contributed by atoms with Gasteiger partial charge in [0.1, 0.15) is 0 Å². The van der Waals surface area contributed by atoms with Gasteiger partial charge in [0.05, 0.1) is 6.61 Å². The molecule has 0 unspecified atom stereocenters. The van der Waals surface area contributed by atoms with E-state index >= 15 is 0 Å². The Kier molecular flexibility index (Phi) is 4.52. The molecule has 0 saturated carbocycles. The Bertz CT molecular complexity index is 346. The number of aliphatic hydroxyl groups is 1. The van der Waals surface area contributed by atoms with Crippen LogP contribution in [0.5, 0.6) is 0 Å². The number of hydrogen-bond donors (Lipinski definition) is 2. The molecule has 4 heteroatoms. The standard InChI is InChI=1S/C11H18N2O2/c1-9(2)13(6-7-14)8-10-4-3-5-12-11(10)15/h3-5,9,14H,6-8H2,1-2H3,(H,12,15). The molecule has 84 valence electrons. The predicted molar refractivity (Wildman–Crippen MR) is 59.7 cm³/mol. The molecule has 0 fully saturated rings. The molecule has 15 heavy (non-hydrogen) atoms. The van der Waals surface area contributed by atoms with Gasteiger partial charge in [-0.15, -0.1) is 0 Å². The molecule has 0 bridgehead atoms. The monoisotopic (exact) mass is 210 g/mol. The highest BCUT2D eigenvalue weighted by molar-refractivity contribution is 5.08. The summed E-state index contributed by atoms with van der Waals surface area (Å²) in [6, 6.07) is 3.94. The SMILES string of the molecule is CC(C)N(CCO)Cc1ccc[nH]c1=O. The molecule has 1 aromatic rings. The van der Waals surface area contributed by atoms with Crippen LogP contribution in [-0.4, -0.2) is 34.2 Å². The van der Waals surface area contributed by atoms with Gasteiger partial charge in [-0.05, 0) is 19.9 Å². The molecule has 2 N–H and O–H groups in total. The lowest BCUT2D eigenvalue weighted by molar-refractivity contribution is 0.159. The van der Waals surface area contributed by atoms with Gasteiger partial charge in [-0.3, -0.25) is 9.69 Å². The van der Waals surface area contributed by atoms with Gasteiger partial charge in [-0.1, -0.05) is 6.07 Å². The van der Waals surface area contributed by atoms with Gasteiger partial charge in [0.2, 0.25) is 0 Å². The van der Waals surface area contributed by atoms with Crippen LogP contribution in [0.3, 0.4) is 0 Å². The predicted octanol–water partition coefficient (Wildman–Crippen LogP) is 0.578. The summed E-state index contributed by atoms with van der Waals surface area (Å²) in [5.74, 6) is 0. The van der Waals surface area contributed by atoms with Crippen LogP contribution in [0.1, 0.15) is 19.4 Å². The quantitative estimate of drug-likeness (QED) is 0.747. The van der Waals surface area contributed by atoms with Crippen LogP contribution in [0, 0.1) is 0 Å². The Morgan fingerprint density at radius 1 is 1.53 bits per heavy atom. The van der Waals surface area contributed by atoms with E-state index in [1.807, 2.05) is 26.0 Å². The summed E-state index contributed by atoms with van der Waals surface area (Å²) < 4.78 is 0. The van der Waals surface area contributed by atoms with Gasteiger partial charge in [0.15, 0.2) is 0 Å². The van der Waals surface area contributed by atoms with Crippen LogP contribution in [0.4, 0.5) is 0 Å². The molecule has 1 heterocycles. The zero-order valence-corrected chi connectivity index (χ0v) is 9.23. The molecule has 0 aliphatic heterocycles. The van der Waals surface area contributed by atoms with E-state index in [0.29, 0.717) is 19.1 Å². The summed E-state index contributed by atoms with van der Waals surface area (Å²) in [4.78, 5) is 16.1. The van der Waals surface area contributed by atoms with Crippen molar-refractivity contribution >= 4 is 0 Å². The summed E-state index contributed by atoms with van der Waals surface area (Å²) in [7, 11) is 0. The number of nitrogens with zero attached hydrogens (tertiary/aromatic N) is 1. The molecule has 0 aliphatic rings. The van der Waals surface area contributed by atoms with E-state index in [4.69, 9.17) is 5.11 Å². The van der Waals surface area contributed by atoms with E-state index in [0.717, 1.165) is 5.56 Å². The second-order valence-corrected chi connectivity index (χ2v) is 3.81. The van der Waals surface area contributed by atoms with Gasteiger partial charge in [0.25, 0.3) is 5.56 Å². The summed E-state index contributed by atoms with van der Waals surface area (Å²) >= 11 is 0. The number of H-pyrrole nitrogens is 1. The third-order valence-electron chi connectivity index (χ3n) is 2.39. The van der Waals surface area contributed by atoms with Crippen LogP contribution >= 0.6 is 0 Å². The van der Waals surface area contributed by atoms with Gasteiger partial charge >= 0.3 is 0 Å². The third kappa shape index (κ3) is 3.49. The maximum atomic E-state index is 11.4. The number of rotatable bonds is 5. The van der Waals surface area contributed by atoms with Crippen molar-refractivity contribution in [2.45, 2.75) is 26.4 Å². The number of pyridine rings is 1. The number of hydrogen-bond acceptors (Lipinski definition) is 3. The minimum absolute atomic E-state index is 0.0545. The Balaban J connectivity index is 2.74. The Hall–Kier alpha value is -1.13. The van der Waals surface area contributed by atoms with Crippen molar-refractivity contribution < 1.29 is 5.11 Å². The van der Waals surface area contributed by atoms with Crippen LogP contribution < -0.4 is 5.56 Å². The number of aromatic nitrogens is 1. The smallest absolute Gasteiger partial charge is 0.252 e. The highest BCUT2D eigenvalue weighted by Crippen LogP contribution is 2.03. The van der Waals surface area contributed by atoms with Crippen molar-refractivity contribution in [2.75, 3.05) is 13.2 Å². The van der Waals surface area contributed by atoms with Crippen LogP contribution in [-0.2, 0) is 6.54 Å². The van der Waals surface area contributed by atoms with E-state index in [2.05, 4.69) is 9.88 Å². The molecule has 1 rings (SSSR count). The average molecular weight is 210 g/mol. The van der Waals surface area contributed by atoms with E-state index in [1.54, 1.807) is 6.20 Å². The summed E-state index contributed by atoms with van der Waals surface area (Å²) in [5.41, 5.74) is 0.681. The van der Waals surface area contributed by atoms with Crippen molar-refractivity contribution in [1.29, 1.82) is 0 Å². The summed E-state index contributed by atoms with van der Waals surface area (Å²) in [6.07, 6.45) is 1.62. The largest absolute Gasteiger partial charge is 0.395 e. The van der Waals surface area contributed by atoms with Gasteiger partial charge in [-0.25, -0.2) is 0 Å². The molecule has 0 amide bonds. The molecule has 4 nitrogen and oxygen atoms in total. The minimum Gasteiger partial charge on any atom is -0.395 e. The van der Waals surface area contributed by atoms with E-state index in [-0.39, 0.29) is 12.2 Å². The molecule has 1 aromatic heterocycles. The topological polar surface area (TPSA) is 56.3 Å². The molecular weight excluding hydrogens is 192 g/mol. The van der Waals surface area contributed by atoms with Gasteiger partial charge in [-0.2, -0.15) is 0 Å². The lowest BCUT2D eigenvalue weighted by Crippen LogP contribution is -2.34. The highest BCUT2D eigenvalue weighted by Gasteiger charge is 2.10. The lowest BCUT2D eigenvalue weighted by Gasteiger charge is -2.25. The second kappa shape index (κ2) is 5.68. The first-order valence-electron chi connectivity index (χ1n) is 5.16. The molecule has 0 spiro atoms. The van der Waals surface area contributed by atoms with E-state index in [1.165, 1.54) is 0 Å². The van der Waals surface area contributed by atoms with Crippen LogP contribution in [0.15, 0.2) is 23.1 Å². The Labute approximate surface area is 89.6 Å². The van der Waals surface area contributed by atoms with Crippen molar-refractivity contribution in [3.05, 3.63) is 34.2 Å². The Morgan fingerprint density at radius 2 is 2.27 bits per heavy atom. The zero-order chi connectivity index (χ0) is 11.3. The molecule has 0 radical (unpaired) electrons. The fourth-order valence-corrected chi connectivity index (χ4v) is 1.45. The molecular formula is C11H18N2O2. The van der Waals surface area contributed by atoms with Gasteiger partial charge in [0, 0.05) is 30.9 Å². The maximum Gasteiger partial charge on any atom is 0.252 e. The van der Waals surface area contributed by atoms with Crippen molar-refractivity contribution in [1.82, 2.24) is 9.88 Å². The van der Waals surface area contributed by atoms with Crippen LogP contribution in [0.2, 0.25) is 0 Å². The minimum atomic E-state index is -0.0545. The highest BCUT2D eigenvalue weighted by atomic mass is 16.3. The first-order valence-corrected chi connectivity index (χ1v) is 5.16. The number of aliphatic hydroxyl groups excluding tert-OH is 1. The molecule has 0 aliphatic carbocycles. The van der Waals surface area contributed by atoms with Crippen molar-refractivity contribution in [2.24, 2.45) is 0 Å². The fraction of sp³-hybridized carbons (Fsp3) is 0.545. The summed E-state index contributed by atoms with van der Waals surface area (Å²) in [5, 5.41) is 8.91. The molecule has 0 saturated heterocycles. The summed E-state index contributed by atoms with van der Waals surface area (Å²) in [6.45, 7) is 5.38. The lowest BCUT2D eigenvalue weighted by atomic mass is 10.2. The zero-order valence-electron chi connectivity index (χ0n) is 9.23. The van der Waals surface area contributed by atoms with Crippen molar-refractivity contribution in [3.8, 4) is 0 Å². The molecule has 0 atom stereocenters. The van der Waals surface area contributed by atoms with Crippen LogP contribution in [0.25, 0.3) is 0 Å². The van der Waals surface area contributed by atoms with E-state index in [9.17, 15) is 4.79 Å². The second-order valence-electron chi connectivity index (χ2n) is 3.81. The average Bonchev–Trinajstić information content (AvgIpc) is 2.20. The first-order chi connectivity index (χ1) is 7.15. The fourth-order valence-electron chi connectivity index (χ4n) is 1.45. The Morgan fingerprint density at radius 3 is 2.80 bits per heavy atom. The van der Waals surface area contributed by atoms with Crippen molar-refractivity contribution in [3.63, 3.8) is 0 Å². The normalized spacial score (nSPS) is 11.3. The first kappa shape index (κ1) is 11.9. The molecule has 0 aromatic carbocycles. The van der Waals surface area contributed by atoms with Gasteiger partial charge < -0.3 is 10.1 Å². The maximum absolute atomic E-state index is 11.4. The number of aromatic amines is 1. The third-order valence-corrected chi connectivity index (χ3v) is 2.39. The number of nitrogens with one attached hydrogen (secondary N) is 1.